The van der Waals surface area contributed by atoms with Crippen LogP contribution in [0.1, 0.15) is 10.9 Å². The van der Waals surface area contributed by atoms with Crippen LogP contribution in [0.25, 0.3) is 22.0 Å². The highest BCUT2D eigenvalue weighted by molar-refractivity contribution is 7.13. The molecule has 0 spiro atoms. The summed E-state index contributed by atoms with van der Waals surface area (Å²) < 4.78 is 5.32. The topological polar surface area (TPSA) is 51.8 Å². The third kappa shape index (κ3) is 3.19. The summed E-state index contributed by atoms with van der Waals surface area (Å²) in [6.45, 7) is 0. The third-order valence-electron chi connectivity index (χ3n) is 3.18. The van der Waals surface area contributed by atoms with Gasteiger partial charge < -0.3 is 4.52 Å². The van der Waals surface area contributed by atoms with Crippen LogP contribution in [0.3, 0.4) is 0 Å². The molecule has 0 aliphatic rings. The Kier molecular flexibility index (Phi) is 3.95. The molecule has 0 bridgehead atoms. The minimum Gasteiger partial charge on any atom is -0.338 e. The van der Waals surface area contributed by atoms with Gasteiger partial charge in [-0.1, -0.05) is 35.0 Å². The molecule has 23 heavy (non-hydrogen) atoms. The highest BCUT2D eigenvalue weighted by Gasteiger charge is 2.12. The van der Waals surface area contributed by atoms with Gasteiger partial charge in [-0.25, -0.2) is 4.98 Å². The normalized spacial score (nSPS) is 11.0. The molecule has 4 rings (SSSR count). The number of thiazole rings is 1. The molecular formula is C16H10ClN3OS2. The van der Waals surface area contributed by atoms with E-state index >= 15 is 0 Å². The van der Waals surface area contributed by atoms with E-state index in [9.17, 15) is 0 Å². The summed E-state index contributed by atoms with van der Waals surface area (Å²) >= 11 is 9.19. The second-order valence-corrected chi connectivity index (χ2v) is 7.13. The van der Waals surface area contributed by atoms with Crippen LogP contribution >= 0.6 is 34.3 Å². The molecule has 3 heterocycles. The van der Waals surface area contributed by atoms with Crippen molar-refractivity contribution in [2.24, 2.45) is 0 Å². The zero-order valence-corrected chi connectivity index (χ0v) is 14.2. The van der Waals surface area contributed by atoms with Gasteiger partial charge in [0.15, 0.2) is 0 Å². The maximum atomic E-state index is 6.03. The Morgan fingerprint density at radius 2 is 2.04 bits per heavy atom. The van der Waals surface area contributed by atoms with Gasteiger partial charge in [-0.2, -0.15) is 4.98 Å². The fourth-order valence-corrected chi connectivity index (χ4v) is 3.77. The Bertz CT molecular complexity index is 930. The summed E-state index contributed by atoms with van der Waals surface area (Å²) in [5, 5.41) is 9.65. The molecule has 0 atom stereocenters. The number of hydrogen-bond acceptors (Lipinski definition) is 6. The Morgan fingerprint density at radius 1 is 1.09 bits per heavy atom. The van der Waals surface area contributed by atoms with Crippen molar-refractivity contribution in [3.8, 4) is 22.0 Å². The molecule has 0 aliphatic carbocycles. The zero-order chi connectivity index (χ0) is 15.6. The van der Waals surface area contributed by atoms with E-state index < -0.39 is 0 Å². The van der Waals surface area contributed by atoms with E-state index in [2.05, 4.69) is 15.1 Å². The first-order valence-electron chi connectivity index (χ1n) is 6.85. The highest BCUT2D eigenvalue weighted by atomic mass is 35.5. The van der Waals surface area contributed by atoms with Gasteiger partial charge in [0.25, 0.3) is 0 Å². The molecule has 3 aromatic heterocycles. The van der Waals surface area contributed by atoms with Gasteiger partial charge in [-0.15, -0.1) is 22.7 Å². The molecule has 0 amide bonds. The number of halogens is 1. The molecule has 114 valence electrons. The average Bonchev–Trinajstić information content (AvgIpc) is 3.29. The van der Waals surface area contributed by atoms with Crippen molar-refractivity contribution in [2.45, 2.75) is 6.42 Å². The molecule has 1 aromatic carbocycles. The van der Waals surface area contributed by atoms with Gasteiger partial charge in [0, 0.05) is 16.0 Å². The smallest absolute Gasteiger partial charge is 0.233 e. The molecule has 0 N–H and O–H groups in total. The maximum absolute atomic E-state index is 6.03. The number of aromatic nitrogens is 3. The van der Waals surface area contributed by atoms with Crippen molar-refractivity contribution >= 4 is 34.3 Å². The lowest BCUT2D eigenvalue weighted by Crippen LogP contribution is -1.88. The zero-order valence-electron chi connectivity index (χ0n) is 11.8. The van der Waals surface area contributed by atoms with Crippen LogP contribution in [0, 0.1) is 0 Å². The summed E-state index contributed by atoms with van der Waals surface area (Å²) in [4.78, 5) is 10.0. The second kappa shape index (κ2) is 6.23. The number of hydrogen-bond donors (Lipinski definition) is 0. The van der Waals surface area contributed by atoms with Crippen LogP contribution in [0.5, 0.6) is 0 Å². The van der Waals surface area contributed by atoms with Crippen LogP contribution in [0.4, 0.5) is 0 Å². The van der Waals surface area contributed by atoms with Gasteiger partial charge in [-0.3, -0.25) is 0 Å². The van der Waals surface area contributed by atoms with Crippen molar-refractivity contribution in [1.29, 1.82) is 0 Å². The maximum Gasteiger partial charge on any atom is 0.233 e. The van der Waals surface area contributed by atoms with Gasteiger partial charge in [-0.05, 0) is 23.6 Å². The van der Waals surface area contributed by atoms with E-state index in [4.69, 9.17) is 16.1 Å². The minimum absolute atomic E-state index is 0.531. The molecule has 4 nitrogen and oxygen atoms in total. The van der Waals surface area contributed by atoms with Crippen molar-refractivity contribution in [2.75, 3.05) is 0 Å². The van der Waals surface area contributed by atoms with Gasteiger partial charge in [0.1, 0.15) is 5.01 Å². The van der Waals surface area contributed by atoms with Crippen LogP contribution in [-0.2, 0) is 6.42 Å². The van der Waals surface area contributed by atoms with Crippen LogP contribution < -0.4 is 0 Å². The SMILES string of the molecule is Clc1cccc(-c2csc(Cc3nc(-c4cccs4)no3)n2)c1. The fourth-order valence-electron chi connectivity index (χ4n) is 2.13. The van der Waals surface area contributed by atoms with E-state index in [1.54, 1.807) is 22.7 Å². The first-order chi connectivity index (χ1) is 11.3. The lowest BCUT2D eigenvalue weighted by molar-refractivity contribution is 0.385. The van der Waals surface area contributed by atoms with Gasteiger partial charge in [0.05, 0.1) is 17.0 Å². The molecule has 0 radical (unpaired) electrons. The predicted molar refractivity (Wildman–Crippen MR) is 93.0 cm³/mol. The van der Waals surface area contributed by atoms with Crippen molar-refractivity contribution in [3.63, 3.8) is 0 Å². The standard InChI is InChI=1S/C16H10ClN3OS2/c17-11-4-1-3-10(7-11)12-9-23-15(18-12)8-14-19-16(20-21-14)13-5-2-6-22-13/h1-7,9H,8H2. The Balaban J connectivity index is 1.54. The fraction of sp³-hybridized carbons (Fsp3) is 0.0625. The van der Waals surface area contributed by atoms with E-state index in [-0.39, 0.29) is 0 Å². The average molecular weight is 360 g/mol. The summed E-state index contributed by atoms with van der Waals surface area (Å²) in [5.74, 6) is 1.20. The van der Waals surface area contributed by atoms with Crippen LogP contribution in [0.2, 0.25) is 5.02 Å². The van der Waals surface area contributed by atoms with Crippen molar-refractivity contribution in [1.82, 2.24) is 15.1 Å². The Labute approximate surface area is 145 Å². The first-order valence-corrected chi connectivity index (χ1v) is 8.98. The molecule has 0 fully saturated rings. The Hall–Kier alpha value is -2.02. The lowest BCUT2D eigenvalue weighted by Gasteiger charge is -1.96. The van der Waals surface area contributed by atoms with E-state index in [0.717, 1.165) is 21.1 Å². The number of thiophene rings is 1. The van der Waals surface area contributed by atoms with Gasteiger partial charge >= 0.3 is 0 Å². The molecule has 0 saturated heterocycles. The monoisotopic (exact) mass is 359 g/mol. The predicted octanol–water partition coefficient (Wildman–Crippen LogP) is 5.17. The summed E-state index contributed by atoms with van der Waals surface area (Å²) in [6.07, 6.45) is 0.531. The lowest BCUT2D eigenvalue weighted by atomic mass is 10.2. The Morgan fingerprint density at radius 3 is 2.87 bits per heavy atom. The quantitative estimate of drug-likeness (QED) is 0.504. The molecular weight excluding hydrogens is 350 g/mol. The number of nitrogens with zero attached hydrogens (tertiary/aromatic N) is 3. The first kappa shape index (κ1) is 14.6. The summed E-state index contributed by atoms with van der Waals surface area (Å²) in [5.41, 5.74) is 1.91. The molecule has 0 aliphatic heterocycles. The third-order valence-corrected chi connectivity index (χ3v) is 5.13. The molecule has 4 aromatic rings. The van der Waals surface area contributed by atoms with E-state index in [0.29, 0.717) is 23.2 Å². The second-order valence-electron chi connectivity index (χ2n) is 4.80. The molecule has 0 unspecified atom stereocenters. The van der Waals surface area contributed by atoms with Crippen molar-refractivity contribution in [3.05, 3.63) is 63.1 Å². The highest BCUT2D eigenvalue weighted by Crippen LogP contribution is 2.26. The van der Waals surface area contributed by atoms with Gasteiger partial charge in [0.2, 0.25) is 11.7 Å². The van der Waals surface area contributed by atoms with E-state index in [1.165, 1.54) is 0 Å². The van der Waals surface area contributed by atoms with E-state index in [1.807, 2.05) is 47.2 Å². The number of rotatable bonds is 4. The van der Waals surface area contributed by atoms with Crippen molar-refractivity contribution < 1.29 is 4.52 Å². The van der Waals surface area contributed by atoms with Crippen LogP contribution in [0.15, 0.2) is 51.7 Å². The largest absolute Gasteiger partial charge is 0.338 e. The minimum atomic E-state index is 0.531. The summed E-state index contributed by atoms with van der Waals surface area (Å²) in [6, 6.07) is 11.6. The molecule has 7 heteroatoms. The summed E-state index contributed by atoms with van der Waals surface area (Å²) in [7, 11) is 0. The number of benzene rings is 1. The van der Waals surface area contributed by atoms with Crippen LogP contribution in [-0.4, -0.2) is 15.1 Å². The molecule has 0 saturated carbocycles.